The van der Waals surface area contributed by atoms with Crippen LogP contribution in [0.2, 0.25) is 0 Å². The molecule has 0 bridgehead atoms. The largest absolute Gasteiger partial charge is 0.472 e. The first-order chi connectivity index (χ1) is 11.3. The Morgan fingerprint density at radius 1 is 1.04 bits per heavy atom. The summed E-state index contributed by atoms with van der Waals surface area (Å²) in [6.07, 6.45) is 6.45. The molecule has 6 nitrogen and oxygen atoms in total. The fourth-order valence-electron chi connectivity index (χ4n) is 2.49. The highest BCUT2D eigenvalue weighted by Gasteiger charge is 2.13. The molecule has 6 heteroatoms. The molecular weight excluding hydrogens is 294 g/mol. The number of hydrogen-bond donors (Lipinski definition) is 0. The van der Waals surface area contributed by atoms with Crippen molar-refractivity contribution in [2.75, 3.05) is 26.2 Å². The molecule has 1 saturated heterocycles. The summed E-state index contributed by atoms with van der Waals surface area (Å²) in [5.41, 5.74) is 0.596. The van der Waals surface area contributed by atoms with Gasteiger partial charge >= 0.3 is 0 Å². The van der Waals surface area contributed by atoms with Crippen LogP contribution in [0.25, 0.3) is 0 Å². The summed E-state index contributed by atoms with van der Waals surface area (Å²) in [7, 11) is 0. The molecule has 2 heterocycles. The molecule has 0 spiro atoms. The second-order valence-electron chi connectivity index (χ2n) is 5.35. The van der Waals surface area contributed by atoms with Crippen LogP contribution in [0.4, 0.5) is 0 Å². The zero-order valence-corrected chi connectivity index (χ0v) is 12.9. The molecule has 120 valence electrons. The first-order valence-corrected chi connectivity index (χ1v) is 7.74. The second kappa shape index (κ2) is 7.69. The molecule has 1 aromatic heterocycles. The van der Waals surface area contributed by atoms with Gasteiger partial charge in [-0.25, -0.2) is 9.97 Å². The SMILES string of the molecule is O=Cc1ccc(Oc2nccnc2OCCN2CCCC2)cc1. The van der Waals surface area contributed by atoms with E-state index in [-0.39, 0.29) is 0 Å². The van der Waals surface area contributed by atoms with Crippen LogP contribution >= 0.6 is 0 Å². The Labute approximate surface area is 135 Å². The summed E-state index contributed by atoms with van der Waals surface area (Å²) in [6.45, 7) is 3.70. The third-order valence-corrected chi connectivity index (χ3v) is 3.71. The normalized spacial score (nSPS) is 14.6. The molecule has 0 aliphatic carbocycles. The van der Waals surface area contributed by atoms with Crippen LogP contribution in [0.15, 0.2) is 36.7 Å². The van der Waals surface area contributed by atoms with Gasteiger partial charge in [0, 0.05) is 24.5 Å². The number of rotatable bonds is 7. The number of ether oxygens (including phenoxy) is 2. The topological polar surface area (TPSA) is 64.5 Å². The molecule has 0 amide bonds. The lowest BCUT2D eigenvalue weighted by Crippen LogP contribution is -2.25. The van der Waals surface area contributed by atoms with E-state index in [0.29, 0.717) is 29.7 Å². The number of carbonyl (C=O) groups is 1. The van der Waals surface area contributed by atoms with E-state index in [9.17, 15) is 4.79 Å². The van der Waals surface area contributed by atoms with Crippen molar-refractivity contribution < 1.29 is 14.3 Å². The first kappa shape index (κ1) is 15.4. The molecule has 1 fully saturated rings. The number of likely N-dealkylation sites (tertiary alicyclic amines) is 1. The third kappa shape index (κ3) is 4.26. The van der Waals surface area contributed by atoms with Crippen molar-refractivity contribution in [3.05, 3.63) is 42.2 Å². The van der Waals surface area contributed by atoms with E-state index in [1.807, 2.05) is 0 Å². The molecule has 2 aromatic rings. The van der Waals surface area contributed by atoms with Gasteiger partial charge in [0.2, 0.25) is 0 Å². The number of nitrogens with zero attached hydrogens (tertiary/aromatic N) is 3. The molecule has 1 aliphatic rings. The fourth-order valence-corrected chi connectivity index (χ4v) is 2.49. The van der Waals surface area contributed by atoms with E-state index < -0.39 is 0 Å². The molecule has 0 radical (unpaired) electrons. The van der Waals surface area contributed by atoms with Gasteiger partial charge in [-0.05, 0) is 50.2 Å². The lowest BCUT2D eigenvalue weighted by atomic mass is 10.2. The van der Waals surface area contributed by atoms with Gasteiger partial charge in [-0.15, -0.1) is 0 Å². The summed E-state index contributed by atoms with van der Waals surface area (Å²) in [6, 6.07) is 6.80. The van der Waals surface area contributed by atoms with Crippen molar-refractivity contribution in [3.63, 3.8) is 0 Å². The average molecular weight is 313 g/mol. The van der Waals surface area contributed by atoms with E-state index in [4.69, 9.17) is 9.47 Å². The van der Waals surface area contributed by atoms with Gasteiger partial charge in [-0.1, -0.05) is 0 Å². The van der Waals surface area contributed by atoms with Crippen LogP contribution in [0.1, 0.15) is 23.2 Å². The lowest BCUT2D eigenvalue weighted by molar-refractivity contribution is 0.112. The van der Waals surface area contributed by atoms with Crippen molar-refractivity contribution in [1.29, 1.82) is 0 Å². The lowest BCUT2D eigenvalue weighted by Gasteiger charge is -2.15. The van der Waals surface area contributed by atoms with Crippen molar-refractivity contribution in [1.82, 2.24) is 14.9 Å². The second-order valence-corrected chi connectivity index (χ2v) is 5.35. The zero-order chi connectivity index (χ0) is 15.9. The Morgan fingerprint density at radius 2 is 1.74 bits per heavy atom. The minimum absolute atomic E-state index is 0.327. The van der Waals surface area contributed by atoms with E-state index in [1.54, 1.807) is 36.7 Å². The molecule has 0 saturated carbocycles. The predicted octanol–water partition coefficient (Wildman–Crippen LogP) is 2.56. The Bertz CT molecular complexity index is 640. The standard InChI is InChI=1S/C17H19N3O3/c21-13-14-3-5-15(6-4-14)23-17-16(18-7-8-19-17)22-12-11-20-9-1-2-10-20/h3-8,13H,1-2,9-12H2. The number of aldehydes is 1. The van der Waals surface area contributed by atoms with Gasteiger partial charge in [-0.3, -0.25) is 9.69 Å². The summed E-state index contributed by atoms with van der Waals surface area (Å²) in [5, 5.41) is 0. The molecular formula is C17H19N3O3. The van der Waals surface area contributed by atoms with Gasteiger partial charge < -0.3 is 9.47 Å². The van der Waals surface area contributed by atoms with Crippen molar-refractivity contribution in [2.45, 2.75) is 12.8 Å². The minimum Gasteiger partial charge on any atom is -0.472 e. The average Bonchev–Trinajstić information content (AvgIpc) is 3.10. The molecule has 23 heavy (non-hydrogen) atoms. The van der Waals surface area contributed by atoms with E-state index in [2.05, 4.69) is 14.9 Å². The van der Waals surface area contributed by atoms with Crippen molar-refractivity contribution in [2.24, 2.45) is 0 Å². The predicted molar refractivity (Wildman–Crippen MR) is 85.1 cm³/mol. The van der Waals surface area contributed by atoms with Gasteiger partial charge in [0.15, 0.2) is 0 Å². The van der Waals surface area contributed by atoms with E-state index in [1.165, 1.54) is 12.8 Å². The smallest absolute Gasteiger partial charge is 0.283 e. The van der Waals surface area contributed by atoms with Crippen LogP contribution in [-0.4, -0.2) is 47.4 Å². The van der Waals surface area contributed by atoms with Gasteiger partial charge in [0.1, 0.15) is 18.6 Å². The maximum Gasteiger partial charge on any atom is 0.283 e. The van der Waals surface area contributed by atoms with Crippen molar-refractivity contribution >= 4 is 6.29 Å². The molecule has 0 atom stereocenters. The van der Waals surface area contributed by atoms with Crippen LogP contribution in [-0.2, 0) is 0 Å². The highest BCUT2D eigenvalue weighted by molar-refractivity contribution is 5.74. The summed E-state index contributed by atoms with van der Waals surface area (Å²) in [5.74, 6) is 1.29. The third-order valence-electron chi connectivity index (χ3n) is 3.71. The zero-order valence-electron chi connectivity index (χ0n) is 12.9. The number of benzene rings is 1. The molecule has 0 unspecified atom stereocenters. The fraction of sp³-hybridized carbons (Fsp3) is 0.353. The minimum atomic E-state index is 0.327. The monoisotopic (exact) mass is 313 g/mol. The number of aromatic nitrogens is 2. The van der Waals surface area contributed by atoms with Crippen LogP contribution < -0.4 is 9.47 Å². The molecule has 1 aliphatic heterocycles. The maximum absolute atomic E-state index is 10.7. The number of carbonyl (C=O) groups excluding carboxylic acids is 1. The highest BCUT2D eigenvalue weighted by atomic mass is 16.5. The van der Waals surface area contributed by atoms with Crippen LogP contribution in [0.3, 0.4) is 0 Å². The molecule has 3 rings (SSSR count). The molecule has 1 aromatic carbocycles. The van der Waals surface area contributed by atoms with Gasteiger partial charge in [0.05, 0.1) is 0 Å². The van der Waals surface area contributed by atoms with E-state index >= 15 is 0 Å². The maximum atomic E-state index is 10.7. The summed E-state index contributed by atoms with van der Waals surface area (Å²) >= 11 is 0. The van der Waals surface area contributed by atoms with Crippen molar-refractivity contribution in [3.8, 4) is 17.5 Å². The van der Waals surface area contributed by atoms with Gasteiger partial charge in [-0.2, -0.15) is 0 Å². The molecule has 0 N–H and O–H groups in total. The Hall–Kier alpha value is -2.47. The van der Waals surface area contributed by atoms with Gasteiger partial charge in [0.25, 0.3) is 11.8 Å². The highest BCUT2D eigenvalue weighted by Crippen LogP contribution is 2.26. The number of hydrogen-bond acceptors (Lipinski definition) is 6. The van der Waals surface area contributed by atoms with Crippen LogP contribution in [0, 0.1) is 0 Å². The summed E-state index contributed by atoms with van der Waals surface area (Å²) < 4.78 is 11.4. The quantitative estimate of drug-likeness (QED) is 0.732. The first-order valence-electron chi connectivity index (χ1n) is 7.74. The van der Waals surface area contributed by atoms with Crippen LogP contribution in [0.5, 0.6) is 17.5 Å². The Kier molecular flexibility index (Phi) is 5.16. The summed E-state index contributed by atoms with van der Waals surface area (Å²) in [4.78, 5) is 21.4. The van der Waals surface area contributed by atoms with E-state index in [0.717, 1.165) is 25.9 Å². The Balaban J connectivity index is 1.61. The Morgan fingerprint density at radius 3 is 2.43 bits per heavy atom.